The third-order valence-electron chi connectivity index (χ3n) is 5.56. The SMILES string of the molecule is CCCC1CCC(NC)C(CN2CCC(CCO)C2)C1. The molecule has 0 aromatic carbocycles. The van der Waals surface area contributed by atoms with Gasteiger partial charge in [0.2, 0.25) is 0 Å². The van der Waals surface area contributed by atoms with E-state index in [0.29, 0.717) is 6.61 Å². The van der Waals surface area contributed by atoms with Crippen LogP contribution in [0, 0.1) is 17.8 Å². The topological polar surface area (TPSA) is 35.5 Å². The number of likely N-dealkylation sites (tertiary alicyclic amines) is 1. The first kappa shape index (κ1) is 16.3. The van der Waals surface area contributed by atoms with Gasteiger partial charge in [0.25, 0.3) is 0 Å². The van der Waals surface area contributed by atoms with Crippen LogP contribution in [0.1, 0.15) is 51.9 Å². The summed E-state index contributed by atoms with van der Waals surface area (Å²) in [6.45, 7) is 6.41. The zero-order chi connectivity index (χ0) is 14.4. The van der Waals surface area contributed by atoms with E-state index in [0.717, 1.165) is 30.2 Å². The quantitative estimate of drug-likeness (QED) is 0.753. The molecule has 0 amide bonds. The van der Waals surface area contributed by atoms with Gasteiger partial charge >= 0.3 is 0 Å². The Kier molecular flexibility index (Phi) is 6.79. The van der Waals surface area contributed by atoms with E-state index < -0.39 is 0 Å². The molecule has 20 heavy (non-hydrogen) atoms. The molecule has 1 saturated carbocycles. The van der Waals surface area contributed by atoms with Crippen molar-refractivity contribution in [1.29, 1.82) is 0 Å². The van der Waals surface area contributed by atoms with E-state index in [1.165, 1.54) is 58.2 Å². The molecule has 2 N–H and O–H groups in total. The van der Waals surface area contributed by atoms with Crippen molar-refractivity contribution in [3.05, 3.63) is 0 Å². The first-order valence-corrected chi connectivity index (χ1v) is 8.77. The molecule has 2 rings (SSSR count). The largest absolute Gasteiger partial charge is 0.396 e. The lowest BCUT2D eigenvalue weighted by molar-refractivity contribution is 0.149. The number of nitrogens with one attached hydrogen (secondary N) is 1. The molecule has 1 aliphatic heterocycles. The Morgan fingerprint density at radius 1 is 1.15 bits per heavy atom. The van der Waals surface area contributed by atoms with Crippen molar-refractivity contribution in [2.45, 2.75) is 57.9 Å². The summed E-state index contributed by atoms with van der Waals surface area (Å²) in [6, 6.07) is 0.722. The molecule has 1 saturated heterocycles. The summed E-state index contributed by atoms with van der Waals surface area (Å²) in [4.78, 5) is 2.66. The molecule has 0 aromatic heterocycles. The molecule has 0 bridgehead atoms. The Bertz CT molecular complexity index is 272. The van der Waals surface area contributed by atoms with E-state index in [1.807, 2.05) is 0 Å². The van der Waals surface area contributed by atoms with Crippen molar-refractivity contribution in [3.63, 3.8) is 0 Å². The van der Waals surface area contributed by atoms with Crippen LogP contribution in [0.15, 0.2) is 0 Å². The predicted molar refractivity (Wildman–Crippen MR) is 84.8 cm³/mol. The van der Waals surface area contributed by atoms with E-state index >= 15 is 0 Å². The maximum atomic E-state index is 9.08. The van der Waals surface area contributed by atoms with Gasteiger partial charge in [-0.05, 0) is 63.5 Å². The highest BCUT2D eigenvalue weighted by Gasteiger charge is 2.32. The highest BCUT2D eigenvalue weighted by Crippen LogP contribution is 2.33. The number of hydrogen-bond acceptors (Lipinski definition) is 3. The average Bonchev–Trinajstić information content (AvgIpc) is 2.87. The molecule has 4 unspecified atom stereocenters. The molecule has 0 radical (unpaired) electrons. The fourth-order valence-electron chi connectivity index (χ4n) is 4.44. The zero-order valence-corrected chi connectivity index (χ0v) is 13.5. The molecule has 1 heterocycles. The smallest absolute Gasteiger partial charge is 0.0434 e. The highest BCUT2D eigenvalue weighted by atomic mass is 16.3. The van der Waals surface area contributed by atoms with Crippen molar-refractivity contribution in [2.75, 3.05) is 33.3 Å². The fraction of sp³-hybridized carbons (Fsp3) is 1.00. The standard InChI is InChI=1S/C17H34N2O/c1-3-4-14-5-6-17(18-2)16(11-14)13-19-9-7-15(12-19)8-10-20/h14-18,20H,3-13H2,1-2H3. The van der Waals surface area contributed by atoms with Gasteiger partial charge in [-0.15, -0.1) is 0 Å². The second-order valence-electron chi connectivity index (χ2n) is 7.05. The summed E-state index contributed by atoms with van der Waals surface area (Å²) in [5.41, 5.74) is 0. The Morgan fingerprint density at radius 3 is 2.70 bits per heavy atom. The van der Waals surface area contributed by atoms with Gasteiger partial charge in [-0.1, -0.05) is 19.8 Å². The molecule has 0 aromatic rings. The van der Waals surface area contributed by atoms with Crippen LogP contribution in [-0.4, -0.2) is 49.3 Å². The Morgan fingerprint density at radius 2 is 2.00 bits per heavy atom. The third kappa shape index (κ3) is 4.44. The lowest BCUT2D eigenvalue weighted by Crippen LogP contribution is -2.44. The van der Waals surface area contributed by atoms with Crippen molar-refractivity contribution >= 4 is 0 Å². The molecule has 3 heteroatoms. The van der Waals surface area contributed by atoms with Gasteiger partial charge in [0.15, 0.2) is 0 Å². The summed E-state index contributed by atoms with van der Waals surface area (Å²) in [7, 11) is 2.14. The van der Waals surface area contributed by atoms with Gasteiger partial charge in [0.1, 0.15) is 0 Å². The minimum atomic E-state index is 0.361. The van der Waals surface area contributed by atoms with Crippen LogP contribution in [0.5, 0.6) is 0 Å². The van der Waals surface area contributed by atoms with Gasteiger partial charge in [-0.2, -0.15) is 0 Å². The molecule has 0 spiro atoms. The zero-order valence-electron chi connectivity index (χ0n) is 13.5. The molecule has 2 aliphatic rings. The number of rotatable bonds is 7. The number of aliphatic hydroxyl groups is 1. The van der Waals surface area contributed by atoms with Crippen LogP contribution in [0.2, 0.25) is 0 Å². The van der Waals surface area contributed by atoms with Gasteiger partial charge < -0.3 is 15.3 Å². The molecule has 118 valence electrons. The number of aliphatic hydroxyl groups excluding tert-OH is 1. The molecule has 1 aliphatic carbocycles. The fourth-order valence-corrected chi connectivity index (χ4v) is 4.44. The lowest BCUT2D eigenvalue weighted by Gasteiger charge is -2.38. The van der Waals surface area contributed by atoms with Crippen molar-refractivity contribution in [1.82, 2.24) is 10.2 Å². The second kappa shape index (κ2) is 8.35. The first-order valence-electron chi connectivity index (χ1n) is 8.77. The summed E-state index contributed by atoms with van der Waals surface area (Å²) in [5, 5.41) is 12.6. The second-order valence-corrected chi connectivity index (χ2v) is 7.05. The van der Waals surface area contributed by atoms with Gasteiger partial charge in [0.05, 0.1) is 0 Å². The Labute approximate surface area is 125 Å². The lowest BCUT2D eigenvalue weighted by atomic mass is 9.76. The third-order valence-corrected chi connectivity index (χ3v) is 5.56. The van der Waals surface area contributed by atoms with Crippen LogP contribution in [0.4, 0.5) is 0 Å². The molecular formula is C17H34N2O. The van der Waals surface area contributed by atoms with Crippen molar-refractivity contribution < 1.29 is 5.11 Å². The van der Waals surface area contributed by atoms with Gasteiger partial charge in [0, 0.05) is 25.7 Å². The molecule has 2 fully saturated rings. The van der Waals surface area contributed by atoms with Crippen LogP contribution < -0.4 is 5.32 Å². The van der Waals surface area contributed by atoms with E-state index in [9.17, 15) is 0 Å². The van der Waals surface area contributed by atoms with Crippen LogP contribution in [0.25, 0.3) is 0 Å². The van der Waals surface area contributed by atoms with E-state index in [1.54, 1.807) is 0 Å². The van der Waals surface area contributed by atoms with Gasteiger partial charge in [-0.25, -0.2) is 0 Å². The van der Waals surface area contributed by atoms with Crippen molar-refractivity contribution in [2.24, 2.45) is 17.8 Å². The number of hydrogen-bond donors (Lipinski definition) is 2. The number of nitrogens with zero attached hydrogens (tertiary/aromatic N) is 1. The monoisotopic (exact) mass is 282 g/mol. The maximum Gasteiger partial charge on any atom is 0.0434 e. The maximum absolute atomic E-state index is 9.08. The van der Waals surface area contributed by atoms with Gasteiger partial charge in [-0.3, -0.25) is 0 Å². The normalized spacial score (nSPS) is 35.5. The molecular weight excluding hydrogens is 248 g/mol. The summed E-state index contributed by atoms with van der Waals surface area (Å²) in [5.74, 6) is 2.53. The summed E-state index contributed by atoms with van der Waals surface area (Å²) < 4.78 is 0. The minimum absolute atomic E-state index is 0.361. The van der Waals surface area contributed by atoms with E-state index in [-0.39, 0.29) is 0 Å². The first-order chi connectivity index (χ1) is 9.76. The van der Waals surface area contributed by atoms with E-state index in [2.05, 4.69) is 24.2 Å². The average molecular weight is 282 g/mol. The minimum Gasteiger partial charge on any atom is -0.396 e. The Hall–Kier alpha value is -0.120. The van der Waals surface area contributed by atoms with Crippen molar-refractivity contribution in [3.8, 4) is 0 Å². The Balaban J connectivity index is 1.82. The van der Waals surface area contributed by atoms with Crippen LogP contribution in [-0.2, 0) is 0 Å². The highest BCUT2D eigenvalue weighted by molar-refractivity contribution is 4.87. The predicted octanol–water partition coefficient (Wildman–Crippen LogP) is 2.50. The molecule has 3 nitrogen and oxygen atoms in total. The summed E-state index contributed by atoms with van der Waals surface area (Å²) >= 11 is 0. The van der Waals surface area contributed by atoms with Crippen LogP contribution >= 0.6 is 0 Å². The van der Waals surface area contributed by atoms with Crippen LogP contribution in [0.3, 0.4) is 0 Å². The molecule has 4 atom stereocenters. The summed E-state index contributed by atoms with van der Waals surface area (Å²) in [6.07, 6.45) is 9.23. The van der Waals surface area contributed by atoms with E-state index in [4.69, 9.17) is 5.11 Å².